The van der Waals surface area contributed by atoms with Crippen molar-refractivity contribution in [2.45, 2.75) is 34.6 Å². The van der Waals surface area contributed by atoms with Crippen molar-refractivity contribution in [3.63, 3.8) is 0 Å². The number of sulfonamides is 1. The van der Waals surface area contributed by atoms with E-state index >= 15 is 0 Å². The van der Waals surface area contributed by atoms with Crippen LogP contribution in [0.4, 0.5) is 5.69 Å². The largest absolute Gasteiger partial charge is 0.386 e. The van der Waals surface area contributed by atoms with Crippen LogP contribution in [0, 0.1) is 0 Å². The van der Waals surface area contributed by atoms with Gasteiger partial charge in [-0.15, -0.1) is 23.1 Å². The van der Waals surface area contributed by atoms with Gasteiger partial charge in [0.1, 0.15) is 4.21 Å². The summed E-state index contributed by atoms with van der Waals surface area (Å²) in [4.78, 5) is 3.47. The Hall–Kier alpha value is -1.84. The molecule has 0 saturated carbocycles. The van der Waals surface area contributed by atoms with Crippen molar-refractivity contribution >= 4 is 38.8 Å². The monoisotopic (exact) mass is 488 g/mol. The molecule has 2 heterocycles. The van der Waals surface area contributed by atoms with Crippen molar-refractivity contribution in [2.75, 3.05) is 30.3 Å². The molecule has 3 aromatic rings. The molecule has 0 radical (unpaired) electrons. The molecular weight excluding hydrogens is 460 g/mol. The number of hydrogen-bond acceptors (Lipinski definition) is 6. The molecule has 0 aliphatic carbocycles. The van der Waals surface area contributed by atoms with Gasteiger partial charge in [0.05, 0.1) is 11.6 Å². The fourth-order valence-electron chi connectivity index (χ4n) is 3.84. The maximum Gasteiger partial charge on any atom is 0.252 e. The summed E-state index contributed by atoms with van der Waals surface area (Å²) in [6, 6.07) is 21.6. The van der Waals surface area contributed by atoms with Gasteiger partial charge in [-0.05, 0) is 55.1 Å². The molecule has 8 heteroatoms. The van der Waals surface area contributed by atoms with E-state index in [0.717, 1.165) is 17.0 Å². The smallest absolute Gasteiger partial charge is 0.252 e. The topological polar surface area (TPSA) is 60.9 Å². The molecule has 2 aromatic carbocycles. The Bertz CT molecular complexity index is 1110. The fourth-order valence-corrected chi connectivity index (χ4v) is 7.47. The molecule has 0 spiro atoms. The zero-order valence-electron chi connectivity index (χ0n) is 18.2. The normalized spacial score (nSPS) is 18.1. The minimum Gasteiger partial charge on any atom is -0.386 e. The van der Waals surface area contributed by atoms with Crippen LogP contribution < -0.4 is 4.90 Å². The minimum atomic E-state index is -3.48. The van der Waals surface area contributed by atoms with E-state index in [-0.39, 0.29) is 6.04 Å². The summed E-state index contributed by atoms with van der Waals surface area (Å²) in [5.74, 6) is 0.772. The van der Waals surface area contributed by atoms with E-state index in [1.165, 1.54) is 16.2 Å². The van der Waals surface area contributed by atoms with Crippen molar-refractivity contribution in [3.05, 3.63) is 77.7 Å². The van der Waals surface area contributed by atoms with Gasteiger partial charge >= 0.3 is 0 Å². The van der Waals surface area contributed by atoms with Crippen LogP contribution >= 0.6 is 23.1 Å². The Kier molecular flexibility index (Phi) is 6.97. The third kappa shape index (κ3) is 5.21. The number of rotatable bonds is 7. The standard InChI is InChI=1S/C24H28N2O3S3/c1-24(2,27)19-10-12-20(13-11-19)26-15-14-25(32(28,29)23-9-6-16-30-23)17-21(26)18-31-22-7-4-3-5-8-22/h3-13,16,21,27H,14-15,17-18H2,1-2H3/t21-/m1/s1. The number of hydrogen-bond donors (Lipinski definition) is 1. The van der Waals surface area contributed by atoms with Crippen LogP contribution in [0.3, 0.4) is 0 Å². The number of anilines is 1. The highest BCUT2D eigenvalue weighted by Crippen LogP contribution is 2.31. The number of piperazine rings is 1. The second-order valence-electron chi connectivity index (χ2n) is 8.37. The second kappa shape index (κ2) is 9.57. The van der Waals surface area contributed by atoms with Gasteiger partial charge in [0.15, 0.2) is 0 Å². The van der Waals surface area contributed by atoms with Crippen LogP contribution in [-0.4, -0.2) is 49.3 Å². The van der Waals surface area contributed by atoms with Gasteiger partial charge in [-0.3, -0.25) is 0 Å². The van der Waals surface area contributed by atoms with Crippen LogP contribution in [0.1, 0.15) is 19.4 Å². The molecular formula is C24H28N2O3S3. The molecule has 0 unspecified atom stereocenters. The Balaban J connectivity index is 1.57. The molecule has 1 aromatic heterocycles. The summed E-state index contributed by atoms with van der Waals surface area (Å²) < 4.78 is 28.3. The van der Waals surface area contributed by atoms with E-state index < -0.39 is 15.6 Å². The Morgan fingerprint density at radius 3 is 2.38 bits per heavy atom. The van der Waals surface area contributed by atoms with Gasteiger partial charge in [-0.2, -0.15) is 4.31 Å². The summed E-state index contributed by atoms with van der Waals surface area (Å²) in [6.07, 6.45) is 0. The summed E-state index contributed by atoms with van der Waals surface area (Å²) in [5.41, 5.74) is 1.01. The molecule has 4 rings (SSSR count). The predicted octanol–water partition coefficient (Wildman–Crippen LogP) is 4.65. The van der Waals surface area contributed by atoms with E-state index in [9.17, 15) is 13.5 Å². The highest BCUT2D eigenvalue weighted by Gasteiger charge is 2.35. The van der Waals surface area contributed by atoms with Crippen LogP contribution in [-0.2, 0) is 15.6 Å². The SMILES string of the molecule is CC(C)(O)c1ccc(N2CCN(S(=O)(=O)c3cccs3)C[C@@H]2CSc2ccccc2)cc1. The number of thiophene rings is 1. The summed E-state index contributed by atoms with van der Waals surface area (Å²) in [6.45, 7) is 5.05. The van der Waals surface area contributed by atoms with Crippen molar-refractivity contribution in [1.82, 2.24) is 4.31 Å². The zero-order chi connectivity index (χ0) is 22.8. The minimum absolute atomic E-state index is 0.0247. The molecule has 170 valence electrons. The molecule has 5 nitrogen and oxygen atoms in total. The first kappa shape index (κ1) is 23.3. The zero-order valence-corrected chi connectivity index (χ0v) is 20.7. The Morgan fingerprint density at radius 1 is 1.03 bits per heavy atom. The Morgan fingerprint density at radius 2 is 1.75 bits per heavy atom. The summed E-state index contributed by atoms with van der Waals surface area (Å²) in [5, 5.41) is 12.1. The van der Waals surface area contributed by atoms with Crippen molar-refractivity contribution in [1.29, 1.82) is 0 Å². The molecule has 1 fully saturated rings. The number of aliphatic hydroxyl groups is 1. The molecule has 0 amide bonds. The molecule has 32 heavy (non-hydrogen) atoms. The lowest BCUT2D eigenvalue weighted by Gasteiger charge is -2.42. The lowest BCUT2D eigenvalue weighted by atomic mass is 9.98. The van der Waals surface area contributed by atoms with E-state index in [1.807, 2.05) is 42.5 Å². The lowest BCUT2D eigenvalue weighted by molar-refractivity contribution is 0.0786. The number of thioether (sulfide) groups is 1. The average molecular weight is 489 g/mol. The lowest BCUT2D eigenvalue weighted by Crippen LogP contribution is -2.55. The molecule has 1 saturated heterocycles. The first-order chi connectivity index (χ1) is 15.2. The van der Waals surface area contributed by atoms with E-state index in [2.05, 4.69) is 17.0 Å². The molecule has 1 aliphatic rings. The fraction of sp³-hybridized carbons (Fsp3) is 0.333. The predicted molar refractivity (Wildman–Crippen MR) is 133 cm³/mol. The number of nitrogens with zero attached hydrogens (tertiary/aromatic N) is 2. The summed E-state index contributed by atoms with van der Waals surface area (Å²) >= 11 is 3.01. The van der Waals surface area contributed by atoms with Crippen LogP contribution in [0.15, 0.2) is 81.2 Å². The van der Waals surface area contributed by atoms with Crippen molar-refractivity contribution < 1.29 is 13.5 Å². The maximum atomic E-state index is 13.1. The average Bonchev–Trinajstić information content (AvgIpc) is 3.34. The molecule has 1 N–H and O–H groups in total. The summed E-state index contributed by atoms with van der Waals surface area (Å²) in [7, 11) is -3.48. The van der Waals surface area contributed by atoms with Crippen molar-refractivity contribution in [3.8, 4) is 0 Å². The molecule has 1 atom stereocenters. The highest BCUT2D eigenvalue weighted by molar-refractivity contribution is 7.99. The molecule has 1 aliphatic heterocycles. The van der Waals surface area contributed by atoms with Gasteiger partial charge in [-0.25, -0.2) is 8.42 Å². The van der Waals surface area contributed by atoms with Gasteiger partial charge in [0.2, 0.25) is 0 Å². The van der Waals surface area contributed by atoms with Gasteiger partial charge in [0, 0.05) is 36.0 Å². The van der Waals surface area contributed by atoms with E-state index in [4.69, 9.17) is 0 Å². The van der Waals surface area contributed by atoms with Crippen LogP contribution in [0.2, 0.25) is 0 Å². The van der Waals surface area contributed by atoms with Crippen molar-refractivity contribution in [2.24, 2.45) is 0 Å². The quantitative estimate of drug-likeness (QED) is 0.491. The highest BCUT2D eigenvalue weighted by atomic mass is 32.2. The third-order valence-corrected chi connectivity index (χ3v) is 10.0. The van der Waals surface area contributed by atoms with E-state index in [1.54, 1.807) is 47.4 Å². The third-order valence-electron chi connectivity index (χ3n) is 5.63. The van der Waals surface area contributed by atoms with Gasteiger partial charge < -0.3 is 10.0 Å². The van der Waals surface area contributed by atoms with Crippen LogP contribution in [0.5, 0.6) is 0 Å². The van der Waals surface area contributed by atoms with Crippen LogP contribution in [0.25, 0.3) is 0 Å². The first-order valence-electron chi connectivity index (χ1n) is 10.6. The number of benzene rings is 2. The Labute approximate surface area is 198 Å². The second-order valence-corrected chi connectivity index (χ2v) is 12.6. The van der Waals surface area contributed by atoms with E-state index in [0.29, 0.717) is 23.8 Å². The van der Waals surface area contributed by atoms with Gasteiger partial charge in [0.25, 0.3) is 10.0 Å². The first-order valence-corrected chi connectivity index (χ1v) is 13.9. The van der Waals surface area contributed by atoms with Gasteiger partial charge in [-0.1, -0.05) is 36.4 Å². The maximum absolute atomic E-state index is 13.1. The molecule has 0 bridgehead atoms.